The van der Waals surface area contributed by atoms with Crippen molar-refractivity contribution in [3.63, 3.8) is 0 Å². The predicted molar refractivity (Wildman–Crippen MR) is 65.2 cm³/mol. The van der Waals surface area contributed by atoms with Crippen LogP contribution >= 0.6 is 0 Å². The van der Waals surface area contributed by atoms with Gasteiger partial charge in [0.15, 0.2) is 0 Å². The lowest BCUT2D eigenvalue weighted by atomic mass is 10.00. The van der Waals surface area contributed by atoms with Gasteiger partial charge in [0, 0.05) is 11.8 Å². The highest BCUT2D eigenvalue weighted by Gasteiger charge is 2.17. The topological polar surface area (TPSA) is 42.4 Å². The highest BCUT2D eigenvalue weighted by Crippen LogP contribution is 2.38. The number of ether oxygens (including phenoxy) is 1. The van der Waals surface area contributed by atoms with E-state index in [2.05, 4.69) is 11.1 Å². The van der Waals surface area contributed by atoms with Crippen LogP contribution in [0.15, 0.2) is 36.5 Å². The molecule has 0 fully saturated rings. The average molecular weight is 227 g/mol. The van der Waals surface area contributed by atoms with Crippen LogP contribution in [0.5, 0.6) is 11.5 Å². The lowest BCUT2D eigenvalue weighted by molar-refractivity contribution is 0.289. The van der Waals surface area contributed by atoms with E-state index in [1.807, 2.05) is 12.1 Å². The van der Waals surface area contributed by atoms with E-state index in [0.717, 1.165) is 30.8 Å². The Balaban J connectivity index is 2.18. The minimum Gasteiger partial charge on any atom is -0.506 e. The van der Waals surface area contributed by atoms with Crippen molar-refractivity contribution in [2.75, 3.05) is 6.61 Å². The Kier molecular flexibility index (Phi) is 2.44. The summed E-state index contributed by atoms with van der Waals surface area (Å²) in [7, 11) is 0. The maximum absolute atomic E-state index is 9.85. The Morgan fingerprint density at radius 1 is 1.18 bits per heavy atom. The lowest BCUT2D eigenvalue weighted by Gasteiger charge is -2.20. The molecule has 0 saturated carbocycles. The molecule has 3 rings (SSSR count). The molecule has 86 valence electrons. The van der Waals surface area contributed by atoms with Crippen LogP contribution in [0.2, 0.25) is 0 Å². The first-order valence-corrected chi connectivity index (χ1v) is 5.75. The summed E-state index contributed by atoms with van der Waals surface area (Å²) in [5.41, 5.74) is 2.66. The van der Waals surface area contributed by atoms with E-state index in [-0.39, 0.29) is 5.75 Å². The maximum Gasteiger partial charge on any atom is 0.141 e. The lowest BCUT2D eigenvalue weighted by Crippen LogP contribution is -2.09. The molecule has 0 saturated heterocycles. The zero-order valence-corrected chi connectivity index (χ0v) is 9.39. The van der Waals surface area contributed by atoms with Gasteiger partial charge in [0.25, 0.3) is 0 Å². The number of hydrogen-bond donors (Lipinski definition) is 1. The van der Waals surface area contributed by atoms with Gasteiger partial charge >= 0.3 is 0 Å². The van der Waals surface area contributed by atoms with Crippen LogP contribution in [0.4, 0.5) is 0 Å². The number of rotatable bonds is 1. The summed E-state index contributed by atoms with van der Waals surface area (Å²) in [6.45, 7) is 0.734. The van der Waals surface area contributed by atoms with Crippen molar-refractivity contribution in [2.24, 2.45) is 0 Å². The fraction of sp³-hybridized carbons (Fsp3) is 0.214. The Labute approximate surface area is 99.7 Å². The molecule has 1 aromatic carbocycles. The van der Waals surface area contributed by atoms with E-state index in [0.29, 0.717) is 5.69 Å². The molecular formula is C14H13NO2. The van der Waals surface area contributed by atoms with E-state index in [4.69, 9.17) is 4.74 Å². The highest BCUT2D eigenvalue weighted by atomic mass is 16.5. The van der Waals surface area contributed by atoms with Crippen LogP contribution in [-0.4, -0.2) is 16.7 Å². The number of benzene rings is 1. The molecule has 0 bridgehead atoms. The second-order valence-electron chi connectivity index (χ2n) is 4.12. The Hall–Kier alpha value is -2.03. The first kappa shape index (κ1) is 10.1. The van der Waals surface area contributed by atoms with Gasteiger partial charge in [-0.1, -0.05) is 12.1 Å². The van der Waals surface area contributed by atoms with Crippen molar-refractivity contribution in [3.8, 4) is 22.8 Å². The normalized spacial score (nSPS) is 13.9. The molecule has 1 aliphatic rings. The van der Waals surface area contributed by atoms with Crippen LogP contribution < -0.4 is 4.74 Å². The smallest absolute Gasteiger partial charge is 0.141 e. The third-order valence-electron chi connectivity index (χ3n) is 2.97. The fourth-order valence-corrected chi connectivity index (χ4v) is 2.18. The molecule has 0 aliphatic carbocycles. The van der Waals surface area contributed by atoms with Crippen LogP contribution in [0.25, 0.3) is 11.3 Å². The van der Waals surface area contributed by atoms with Crippen molar-refractivity contribution in [1.29, 1.82) is 0 Å². The molecule has 0 radical (unpaired) electrons. The number of para-hydroxylation sites is 1. The van der Waals surface area contributed by atoms with Crippen LogP contribution in [0.1, 0.15) is 12.0 Å². The molecule has 0 amide bonds. The first-order chi connectivity index (χ1) is 8.36. The summed E-state index contributed by atoms with van der Waals surface area (Å²) in [6, 6.07) is 9.35. The molecule has 1 N–H and O–H groups in total. The maximum atomic E-state index is 9.85. The summed E-state index contributed by atoms with van der Waals surface area (Å²) >= 11 is 0. The average Bonchev–Trinajstić information content (AvgIpc) is 2.39. The minimum atomic E-state index is 0.190. The predicted octanol–water partition coefficient (Wildman–Crippen LogP) is 2.78. The molecular weight excluding hydrogens is 214 g/mol. The Morgan fingerprint density at radius 3 is 3.00 bits per heavy atom. The van der Waals surface area contributed by atoms with Gasteiger partial charge in [-0.3, -0.25) is 4.98 Å². The number of pyridine rings is 1. The third kappa shape index (κ3) is 1.73. The van der Waals surface area contributed by atoms with E-state index >= 15 is 0 Å². The molecule has 0 unspecified atom stereocenters. The molecule has 1 aromatic heterocycles. The summed E-state index contributed by atoms with van der Waals surface area (Å²) in [6.07, 6.45) is 3.75. The summed E-state index contributed by atoms with van der Waals surface area (Å²) in [5, 5.41) is 9.85. The van der Waals surface area contributed by atoms with Crippen molar-refractivity contribution in [2.45, 2.75) is 12.8 Å². The molecule has 1 aliphatic heterocycles. The SMILES string of the molecule is Oc1cccnc1-c1cccc2c1OCCC2. The Bertz CT molecular complexity index is 552. The molecule has 0 atom stereocenters. The fourth-order valence-electron chi connectivity index (χ4n) is 2.18. The van der Waals surface area contributed by atoms with E-state index < -0.39 is 0 Å². The summed E-state index contributed by atoms with van der Waals surface area (Å²) in [5.74, 6) is 1.06. The van der Waals surface area contributed by atoms with Crippen LogP contribution in [-0.2, 0) is 6.42 Å². The van der Waals surface area contributed by atoms with Crippen molar-refractivity contribution >= 4 is 0 Å². The van der Waals surface area contributed by atoms with Gasteiger partial charge in [0.1, 0.15) is 17.2 Å². The number of hydrogen-bond acceptors (Lipinski definition) is 3. The number of aromatic nitrogens is 1. The van der Waals surface area contributed by atoms with Gasteiger partial charge in [-0.15, -0.1) is 0 Å². The van der Waals surface area contributed by atoms with Gasteiger partial charge in [-0.05, 0) is 36.6 Å². The quantitative estimate of drug-likeness (QED) is 0.814. The van der Waals surface area contributed by atoms with Gasteiger partial charge in [-0.2, -0.15) is 0 Å². The molecule has 2 aromatic rings. The number of aryl methyl sites for hydroxylation is 1. The second kappa shape index (κ2) is 4.09. The van der Waals surface area contributed by atoms with Gasteiger partial charge in [0.2, 0.25) is 0 Å². The van der Waals surface area contributed by atoms with Crippen molar-refractivity contribution in [3.05, 3.63) is 42.1 Å². The zero-order valence-electron chi connectivity index (χ0n) is 9.39. The Morgan fingerprint density at radius 2 is 2.12 bits per heavy atom. The molecule has 2 heterocycles. The largest absolute Gasteiger partial charge is 0.506 e. The van der Waals surface area contributed by atoms with Crippen molar-refractivity contribution < 1.29 is 9.84 Å². The number of nitrogens with zero attached hydrogens (tertiary/aromatic N) is 1. The second-order valence-corrected chi connectivity index (χ2v) is 4.12. The zero-order chi connectivity index (χ0) is 11.7. The monoisotopic (exact) mass is 227 g/mol. The number of fused-ring (bicyclic) bond motifs is 1. The van der Waals surface area contributed by atoms with Crippen LogP contribution in [0.3, 0.4) is 0 Å². The molecule has 3 nitrogen and oxygen atoms in total. The summed E-state index contributed by atoms with van der Waals surface area (Å²) < 4.78 is 5.71. The van der Waals surface area contributed by atoms with Gasteiger partial charge in [-0.25, -0.2) is 0 Å². The standard InChI is InChI=1S/C14H13NO2/c16-12-7-2-8-15-13(12)11-6-1-4-10-5-3-9-17-14(10)11/h1-2,4,6-8,16H,3,5,9H2. The van der Waals surface area contributed by atoms with Gasteiger partial charge < -0.3 is 9.84 Å². The van der Waals surface area contributed by atoms with Crippen LogP contribution in [0, 0.1) is 0 Å². The first-order valence-electron chi connectivity index (χ1n) is 5.75. The molecule has 0 spiro atoms. The van der Waals surface area contributed by atoms with E-state index in [1.54, 1.807) is 18.3 Å². The summed E-state index contributed by atoms with van der Waals surface area (Å²) in [4.78, 5) is 4.23. The minimum absolute atomic E-state index is 0.190. The van der Waals surface area contributed by atoms with E-state index in [9.17, 15) is 5.11 Å². The number of aromatic hydroxyl groups is 1. The van der Waals surface area contributed by atoms with Crippen molar-refractivity contribution in [1.82, 2.24) is 4.98 Å². The van der Waals surface area contributed by atoms with E-state index in [1.165, 1.54) is 5.56 Å². The molecule has 3 heteroatoms. The van der Waals surface area contributed by atoms with Gasteiger partial charge in [0.05, 0.1) is 6.61 Å². The highest BCUT2D eigenvalue weighted by molar-refractivity contribution is 5.73. The third-order valence-corrected chi connectivity index (χ3v) is 2.97. The molecule has 17 heavy (non-hydrogen) atoms.